The highest BCUT2D eigenvalue weighted by Gasteiger charge is 2.18. The van der Waals surface area contributed by atoms with Crippen molar-refractivity contribution in [1.82, 2.24) is 4.57 Å². The lowest BCUT2D eigenvalue weighted by Gasteiger charge is -2.07. The predicted octanol–water partition coefficient (Wildman–Crippen LogP) is -0.0362. The van der Waals surface area contributed by atoms with Crippen LogP contribution in [0.25, 0.3) is 0 Å². The van der Waals surface area contributed by atoms with Gasteiger partial charge >= 0.3 is 5.97 Å². The third-order valence-corrected chi connectivity index (χ3v) is 1.93. The monoisotopic (exact) mass is 208 g/mol. The van der Waals surface area contributed by atoms with Crippen LogP contribution in [0.15, 0.2) is 10.9 Å². The Kier molecular flexibility index (Phi) is 2.76. The van der Waals surface area contributed by atoms with Crippen molar-refractivity contribution in [2.75, 3.05) is 7.11 Å². The minimum absolute atomic E-state index is 0.0294. The number of aromatic nitrogens is 1. The van der Waals surface area contributed by atoms with E-state index >= 15 is 0 Å². The van der Waals surface area contributed by atoms with Crippen molar-refractivity contribution in [3.05, 3.63) is 27.7 Å². The Labute approximate surface area is 84.9 Å². The lowest BCUT2D eigenvalue weighted by molar-refractivity contribution is 0.0692. The van der Waals surface area contributed by atoms with E-state index in [4.69, 9.17) is 15.1 Å². The molecule has 0 radical (unpaired) electrons. The molecule has 1 aromatic rings. The molecule has 78 valence electrons. The van der Waals surface area contributed by atoms with Crippen LogP contribution in [0.4, 0.5) is 0 Å². The molecular weight excluding hydrogens is 200 g/mol. The lowest BCUT2D eigenvalue weighted by Crippen LogP contribution is -2.23. The number of nitriles is 1. The maximum absolute atomic E-state index is 11.5. The van der Waals surface area contributed by atoms with Crippen molar-refractivity contribution in [3.63, 3.8) is 0 Å². The fourth-order valence-electron chi connectivity index (χ4n) is 1.14. The van der Waals surface area contributed by atoms with Crippen LogP contribution < -0.4 is 10.3 Å². The number of carboxylic acids is 1. The minimum atomic E-state index is -1.30. The zero-order valence-corrected chi connectivity index (χ0v) is 8.14. The Morgan fingerprint density at radius 2 is 2.27 bits per heavy atom. The molecule has 6 heteroatoms. The zero-order valence-electron chi connectivity index (χ0n) is 8.14. The highest BCUT2D eigenvalue weighted by atomic mass is 16.5. The van der Waals surface area contributed by atoms with Crippen molar-refractivity contribution in [2.45, 2.75) is 0 Å². The minimum Gasteiger partial charge on any atom is -0.490 e. The van der Waals surface area contributed by atoms with Crippen LogP contribution in [0, 0.1) is 11.3 Å². The summed E-state index contributed by atoms with van der Waals surface area (Å²) < 4.78 is 5.73. The molecule has 0 atom stereocenters. The normalized spacial score (nSPS) is 9.40. The maximum Gasteiger partial charge on any atom is 0.339 e. The molecule has 15 heavy (non-hydrogen) atoms. The molecule has 0 saturated carbocycles. The van der Waals surface area contributed by atoms with Gasteiger partial charge in [0.05, 0.1) is 7.11 Å². The van der Waals surface area contributed by atoms with E-state index in [1.165, 1.54) is 14.2 Å². The van der Waals surface area contributed by atoms with Gasteiger partial charge in [-0.05, 0) is 6.07 Å². The van der Waals surface area contributed by atoms with Gasteiger partial charge in [-0.25, -0.2) is 4.79 Å². The highest BCUT2D eigenvalue weighted by molar-refractivity contribution is 5.91. The van der Waals surface area contributed by atoms with E-state index in [9.17, 15) is 9.59 Å². The molecule has 1 rings (SSSR count). The number of carboxylic acid groups (broad SMARTS) is 1. The maximum atomic E-state index is 11.5. The van der Waals surface area contributed by atoms with Crippen molar-refractivity contribution in [3.8, 4) is 11.8 Å². The standard InChI is InChI=1S/C9H8N2O4/c1-11-5(4-10)3-6(9(13)14)7(15-2)8(11)12/h3H,1-2H3,(H,13,14). The SMILES string of the molecule is COc1c(C(=O)O)cc(C#N)n(C)c1=O. The first-order valence-corrected chi connectivity index (χ1v) is 3.94. The van der Waals surface area contributed by atoms with Gasteiger partial charge in [-0.1, -0.05) is 0 Å². The molecule has 0 unspecified atom stereocenters. The molecule has 0 saturated heterocycles. The summed E-state index contributed by atoms with van der Waals surface area (Å²) in [6.07, 6.45) is 0. The Balaban J connectivity index is 3.69. The molecular formula is C9H8N2O4. The quantitative estimate of drug-likeness (QED) is 0.736. The van der Waals surface area contributed by atoms with E-state index in [0.29, 0.717) is 0 Å². The first-order valence-electron chi connectivity index (χ1n) is 3.94. The lowest BCUT2D eigenvalue weighted by atomic mass is 10.2. The van der Waals surface area contributed by atoms with Gasteiger partial charge in [0.1, 0.15) is 17.3 Å². The van der Waals surface area contributed by atoms with Gasteiger partial charge in [0.25, 0.3) is 5.56 Å². The van der Waals surface area contributed by atoms with E-state index in [0.717, 1.165) is 10.6 Å². The number of pyridine rings is 1. The molecule has 1 aromatic heterocycles. The molecule has 0 spiro atoms. The summed E-state index contributed by atoms with van der Waals surface area (Å²) in [6.45, 7) is 0. The molecule has 0 bridgehead atoms. The molecule has 0 amide bonds. The van der Waals surface area contributed by atoms with Crippen LogP contribution >= 0.6 is 0 Å². The molecule has 0 fully saturated rings. The van der Waals surface area contributed by atoms with Crippen LogP contribution in [0.2, 0.25) is 0 Å². The molecule has 0 aliphatic heterocycles. The molecule has 0 aliphatic carbocycles. The highest BCUT2D eigenvalue weighted by Crippen LogP contribution is 2.13. The van der Waals surface area contributed by atoms with Gasteiger partial charge in [-0.3, -0.25) is 9.36 Å². The van der Waals surface area contributed by atoms with E-state index in [1.807, 2.05) is 0 Å². The van der Waals surface area contributed by atoms with Crippen molar-refractivity contribution in [2.24, 2.45) is 7.05 Å². The number of carbonyl (C=O) groups is 1. The number of hydrogen-bond acceptors (Lipinski definition) is 4. The smallest absolute Gasteiger partial charge is 0.339 e. The molecule has 0 aromatic carbocycles. The summed E-state index contributed by atoms with van der Waals surface area (Å²) in [5.74, 6) is -1.58. The van der Waals surface area contributed by atoms with Gasteiger partial charge in [0.15, 0.2) is 5.75 Å². The van der Waals surface area contributed by atoms with E-state index in [2.05, 4.69) is 0 Å². The first kappa shape index (κ1) is 10.8. The second kappa shape index (κ2) is 3.84. The predicted molar refractivity (Wildman–Crippen MR) is 49.9 cm³/mol. The van der Waals surface area contributed by atoms with Crippen LogP contribution in [0.1, 0.15) is 16.1 Å². The summed E-state index contributed by atoms with van der Waals surface area (Å²) >= 11 is 0. The number of methoxy groups -OCH3 is 1. The van der Waals surface area contributed by atoms with Crippen molar-refractivity contribution >= 4 is 5.97 Å². The van der Waals surface area contributed by atoms with Crippen LogP contribution in [-0.4, -0.2) is 22.8 Å². The summed E-state index contributed by atoms with van der Waals surface area (Å²) in [4.78, 5) is 22.3. The Morgan fingerprint density at radius 1 is 1.67 bits per heavy atom. The van der Waals surface area contributed by atoms with Crippen LogP contribution in [0.3, 0.4) is 0 Å². The third kappa shape index (κ3) is 1.67. The van der Waals surface area contributed by atoms with Crippen molar-refractivity contribution in [1.29, 1.82) is 5.26 Å². The van der Waals surface area contributed by atoms with Gasteiger partial charge in [0, 0.05) is 7.05 Å². The number of nitrogens with zero attached hydrogens (tertiary/aromatic N) is 2. The Hall–Kier alpha value is -2.29. The van der Waals surface area contributed by atoms with Gasteiger partial charge in [-0.15, -0.1) is 0 Å². The number of aromatic carboxylic acids is 1. The second-order valence-corrected chi connectivity index (χ2v) is 2.76. The summed E-state index contributed by atoms with van der Waals surface area (Å²) in [5, 5.41) is 17.5. The molecule has 0 aliphatic rings. The largest absolute Gasteiger partial charge is 0.490 e. The fraction of sp³-hybridized carbons (Fsp3) is 0.222. The number of rotatable bonds is 2. The first-order chi connectivity index (χ1) is 7.02. The van der Waals surface area contributed by atoms with E-state index in [-0.39, 0.29) is 17.0 Å². The van der Waals surface area contributed by atoms with Gasteiger partial charge in [0.2, 0.25) is 0 Å². The van der Waals surface area contributed by atoms with Crippen molar-refractivity contribution < 1.29 is 14.6 Å². The number of hydrogen-bond donors (Lipinski definition) is 1. The average Bonchev–Trinajstić information content (AvgIpc) is 2.21. The fourth-order valence-corrected chi connectivity index (χ4v) is 1.14. The summed E-state index contributed by atoms with van der Waals surface area (Å²) in [6, 6.07) is 2.83. The molecule has 1 heterocycles. The van der Waals surface area contributed by atoms with E-state index in [1.54, 1.807) is 6.07 Å². The number of ether oxygens (including phenoxy) is 1. The van der Waals surface area contributed by atoms with Gasteiger partial charge in [-0.2, -0.15) is 5.26 Å². The summed E-state index contributed by atoms with van der Waals surface area (Å²) in [5.41, 5.74) is -0.982. The summed E-state index contributed by atoms with van der Waals surface area (Å²) in [7, 11) is 2.57. The van der Waals surface area contributed by atoms with Crippen LogP contribution in [-0.2, 0) is 7.05 Å². The Morgan fingerprint density at radius 3 is 2.67 bits per heavy atom. The van der Waals surface area contributed by atoms with E-state index < -0.39 is 11.5 Å². The molecule has 6 nitrogen and oxygen atoms in total. The van der Waals surface area contributed by atoms with Crippen LogP contribution in [0.5, 0.6) is 5.75 Å². The third-order valence-electron chi connectivity index (χ3n) is 1.93. The zero-order chi connectivity index (χ0) is 11.6. The second-order valence-electron chi connectivity index (χ2n) is 2.76. The molecule has 1 N–H and O–H groups in total. The van der Waals surface area contributed by atoms with Gasteiger partial charge < -0.3 is 9.84 Å². The Bertz CT molecular complexity index is 510. The average molecular weight is 208 g/mol. The topological polar surface area (TPSA) is 92.3 Å².